The highest BCUT2D eigenvalue weighted by atomic mass is 32.2. The molecule has 0 saturated carbocycles. The Hall–Kier alpha value is -1.71. The SMILES string of the molecule is CC(C)(N)COc1ccc(S(N)(=O)=O)cc1[N+](=O)[O-]. The average molecular weight is 289 g/mol. The first-order chi connectivity index (χ1) is 8.50. The number of nitro benzene ring substituents is 1. The minimum absolute atomic E-state index is 0.0442. The molecule has 0 radical (unpaired) electrons. The van der Waals surface area contributed by atoms with Crippen LogP contribution in [0.2, 0.25) is 0 Å². The number of hydrogen-bond donors (Lipinski definition) is 2. The molecule has 0 aliphatic carbocycles. The van der Waals surface area contributed by atoms with Gasteiger partial charge in [-0.1, -0.05) is 0 Å². The zero-order valence-corrected chi connectivity index (χ0v) is 11.3. The third-order valence-corrected chi connectivity index (χ3v) is 2.97. The zero-order valence-electron chi connectivity index (χ0n) is 10.5. The quantitative estimate of drug-likeness (QED) is 0.592. The van der Waals surface area contributed by atoms with E-state index in [9.17, 15) is 18.5 Å². The number of nitrogens with zero attached hydrogens (tertiary/aromatic N) is 1. The van der Waals surface area contributed by atoms with Crippen molar-refractivity contribution >= 4 is 15.7 Å². The van der Waals surface area contributed by atoms with Crippen LogP contribution in [0.3, 0.4) is 0 Å². The van der Waals surface area contributed by atoms with E-state index < -0.39 is 26.2 Å². The van der Waals surface area contributed by atoms with Gasteiger partial charge in [0.25, 0.3) is 0 Å². The lowest BCUT2D eigenvalue weighted by Crippen LogP contribution is -2.38. The minimum Gasteiger partial charge on any atom is -0.485 e. The predicted octanol–water partition coefficient (Wildman–Crippen LogP) is 0.358. The number of ether oxygens (including phenoxy) is 1. The monoisotopic (exact) mass is 289 g/mol. The summed E-state index contributed by atoms with van der Waals surface area (Å²) in [5.74, 6) is -0.0593. The van der Waals surface area contributed by atoms with Gasteiger partial charge < -0.3 is 10.5 Å². The Kier molecular flexibility index (Phi) is 4.13. The first kappa shape index (κ1) is 15.3. The third-order valence-electron chi connectivity index (χ3n) is 2.06. The van der Waals surface area contributed by atoms with Gasteiger partial charge in [-0.2, -0.15) is 0 Å². The van der Waals surface area contributed by atoms with Crippen molar-refractivity contribution in [2.24, 2.45) is 10.9 Å². The van der Waals surface area contributed by atoms with Gasteiger partial charge in [0.05, 0.1) is 9.82 Å². The van der Waals surface area contributed by atoms with E-state index in [0.717, 1.165) is 12.1 Å². The normalized spacial score (nSPS) is 12.2. The molecule has 0 atom stereocenters. The molecule has 19 heavy (non-hydrogen) atoms. The molecule has 8 nitrogen and oxygen atoms in total. The van der Waals surface area contributed by atoms with Crippen LogP contribution in [0.1, 0.15) is 13.8 Å². The summed E-state index contributed by atoms with van der Waals surface area (Å²) in [6, 6.07) is 3.18. The molecule has 0 fully saturated rings. The number of nitrogens with two attached hydrogens (primary N) is 2. The van der Waals surface area contributed by atoms with Crippen molar-refractivity contribution < 1.29 is 18.1 Å². The summed E-state index contributed by atoms with van der Waals surface area (Å²) in [7, 11) is -4.00. The lowest BCUT2D eigenvalue weighted by Gasteiger charge is -2.18. The van der Waals surface area contributed by atoms with Gasteiger partial charge in [0, 0.05) is 11.6 Å². The largest absolute Gasteiger partial charge is 0.485 e. The molecular formula is C10H15N3O5S. The molecule has 0 saturated heterocycles. The number of hydrogen-bond acceptors (Lipinski definition) is 6. The summed E-state index contributed by atoms with van der Waals surface area (Å²) in [5.41, 5.74) is 4.55. The molecule has 0 unspecified atom stereocenters. The van der Waals surface area contributed by atoms with Gasteiger partial charge >= 0.3 is 5.69 Å². The van der Waals surface area contributed by atoms with E-state index in [2.05, 4.69) is 0 Å². The van der Waals surface area contributed by atoms with Gasteiger partial charge in [-0.3, -0.25) is 10.1 Å². The highest BCUT2D eigenvalue weighted by Crippen LogP contribution is 2.29. The first-order valence-corrected chi connectivity index (χ1v) is 6.78. The van der Waals surface area contributed by atoms with Crippen molar-refractivity contribution in [1.29, 1.82) is 0 Å². The average Bonchev–Trinajstić information content (AvgIpc) is 2.23. The summed E-state index contributed by atoms with van der Waals surface area (Å²) < 4.78 is 27.5. The van der Waals surface area contributed by atoms with Crippen LogP contribution in [0.4, 0.5) is 5.69 Å². The van der Waals surface area contributed by atoms with Crippen molar-refractivity contribution in [2.75, 3.05) is 6.61 Å². The summed E-state index contributed by atoms with van der Waals surface area (Å²) in [6.45, 7) is 3.43. The second kappa shape index (κ2) is 5.11. The Morgan fingerprint density at radius 1 is 1.42 bits per heavy atom. The van der Waals surface area contributed by atoms with Crippen molar-refractivity contribution in [1.82, 2.24) is 0 Å². The third kappa shape index (κ3) is 4.47. The molecule has 0 aliphatic heterocycles. The summed E-state index contributed by atoms with van der Waals surface area (Å²) in [4.78, 5) is 9.79. The van der Waals surface area contributed by atoms with E-state index in [1.165, 1.54) is 6.07 Å². The lowest BCUT2D eigenvalue weighted by atomic mass is 10.1. The van der Waals surface area contributed by atoms with Crippen LogP contribution in [0, 0.1) is 10.1 Å². The van der Waals surface area contributed by atoms with E-state index in [1.54, 1.807) is 13.8 Å². The maximum atomic E-state index is 11.1. The molecule has 0 bridgehead atoms. The van der Waals surface area contributed by atoms with Crippen molar-refractivity contribution in [3.05, 3.63) is 28.3 Å². The molecule has 1 aromatic carbocycles. The lowest BCUT2D eigenvalue weighted by molar-refractivity contribution is -0.386. The first-order valence-electron chi connectivity index (χ1n) is 5.23. The highest BCUT2D eigenvalue weighted by Gasteiger charge is 2.21. The minimum atomic E-state index is -4.00. The van der Waals surface area contributed by atoms with E-state index >= 15 is 0 Å². The Morgan fingerprint density at radius 3 is 2.42 bits per heavy atom. The van der Waals surface area contributed by atoms with Crippen LogP contribution < -0.4 is 15.6 Å². The van der Waals surface area contributed by atoms with Crippen molar-refractivity contribution in [3.63, 3.8) is 0 Å². The van der Waals surface area contributed by atoms with Crippen LogP contribution in [0.5, 0.6) is 5.75 Å². The molecule has 0 amide bonds. The fourth-order valence-corrected chi connectivity index (χ4v) is 1.74. The van der Waals surface area contributed by atoms with Gasteiger partial charge in [0.2, 0.25) is 10.0 Å². The zero-order chi connectivity index (χ0) is 14.8. The number of nitro groups is 1. The summed E-state index contributed by atoms with van der Waals surface area (Å²) in [5, 5.41) is 15.8. The number of sulfonamides is 1. The Bertz CT molecular complexity index is 592. The topological polar surface area (TPSA) is 139 Å². The molecule has 1 aromatic rings. The Morgan fingerprint density at radius 2 is 2.00 bits per heavy atom. The summed E-state index contributed by atoms with van der Waals surface area (Å²) in [6.07, 6.45) is 0. The van der Waals surface area contributed by atoms with Crippen LogP contribution in [-0.4, -0.2) is 25.5 Å². The number of primary sulfonamides is 1. The smallest absolute Gasteiger partial charge is 0.312 e. The highest BCUT2D eigenvalue weighted by molar-refractivity contribution is 7.89. The fraction of sp³-hybridized carbons (Fsp3) is 0.400. The van der Waals surface area contributed by atoms with Gasteiger partial charge in [-0.05, 0) is 26.0 Å². The predicted molar refractivity (Wildman–Crippen MR) is 68.2 cm³/mol. The van der Waals surface area contributed by atoms with Gasteiger partial charge in [0.1, 0.15) is 6.61 Å². The second-order valence-corrected chi connectivity index (χ2v) is 6.27. The maximum Gasteiger partial charge on any atom is 0.312 e. The number of rotatable bonds is 5. The van der Waals surface area contributed by atoms with Gasteiger partial charge in [-0.15, -0.1) is 0 Å². The summed E-state index contributed by atoms with van der Waals surface area (Å²) >= 11 is 0. The molecule has 0 aliphatic rings. The van der Waals surface area contributed by atoms with Crippen molar-refractivity contribution in [3.8, 4) is 5.75 Å². The van der Waals surface area contributed by atoms with Gasteiger partial charge in [0.15, 0.2) is 5.75 Å². The van der Waals surface area contributed by atoms with E-state index in [0.29, 0.717) is 0 Å². The molecule has 0 aromatic heterocycles. The molecular weight excluding hydrogens is 274 g/mol. The van der Waals surface area contributed by atoms with Crippen LogP contribution in [0.15, 0.2) is 23.1 Å². The molecule has 9 heteroatoms. The molecule has 0 spiro atoms. The number of benzene rings is 1. The van der Waals surface area contributed by atoms with Crippen LogP contribution >= 0.6 is 0 Å². The Labute approximate surface area is 110 Å². The standard InChI is InChI=1S/C10H15N3O5S/c1-10(2,11)6-18-9-4-3-7(19(12,16)17)5-8(9)13(14)15/h3-5H,6,11H2,1-2H3,(H2,12,16,17). The van der Waals surface area contributed by atoms with E-state index in [1.807, 2.05) is 0 Å². The second-order valence-electron chi connectivity index (χ2n) is 4.71. The fourth-order valence-electron chi connectivity index (χ4n) is 1.20. The van der Waals surface area contributed by atoms with Crippen LogP contribution in [0.25, 0.3) is 0 Å². The van der Waals surface area contributed by atoms with Crippen LogP contribution in [-0.2, 0) is 10.0 Å². The molecule has 0 heterocycles. The van der Waals surface area contributed by atoms with Crippen molar-refractivity contribution in [2.45, 2.75) is 24.3 Å². The van der Waals surface area contributed by atoms with E-state index in [-0.39, 0.29) is 17.3 Å². The molecule has 106 valence electrons. The molecule has 1 rings (SSSR count). The Balaban J connectivity index is 3.16. The molecule has 4 N–H and O–H groups in total. The maximum absolute atomic E-state index is 11.1. The van der Waals surface area contributed by atoms with Gasteiger partial charge in [-0.25, -0.2) is 13.6 Å². The van der Waals surface area contributed by atoms with E-state index in [4.69, 9.17) is 15.6 Å².